The maximum absolute atomic E-state index is 5.53. The predicted octanol–water partition coefficient (Wildman–Crippen LogP) is 3.35. The maximum Gasteiger partial charge on any atom is 0.151 e. The summed E-state index contributed by atoms with van der Waals surface area (Å²) >= 11 is 1.64. The Kier molecular flexibility index (Phi) is 4.06. The van der Waals surface area contributed by atoms with E-state index >= 15 is 0 Å². The number of aromatic nitrogens is 2. The molecule has 1 N–H and O–H groups in total. The molecule has 4 nitrogen and oxygen atoms in total. The Morgan fingerprint density at radius 1 is 1.26 bits per heavy atom. The SMILES string of the molecule is Cc1cc(-c2nnc(CCNC(C)(C)C)s2)c(C)o1. The topological polar surface area (TPSA) is 51.0 Å². The number of rotatable bonds is 4. The van der Waals surface area contributed by atoms with E-state index in [2.05, 4.69) is 36.3 Å². The lowest BCUT2D eigenvalue weighted by atomic mass is 10.1. The van der Waals surface area contributed by atoms with Crippen LogP contribution in [0.1, 0.15) is 37.3 Å². The van der Waals surface area contributed by atoms with Gasteiger partial charge >= 0.3 is 0 Å². The lowest BCUT2D eigenvalue weighted by molar-refractivity contribution is 0.429. The highest BCUT2D eigenvalue weighted by atomic mass is 32.1. The number of hydrogen-bond donors (Lipinski definition) is 1. The second-order valence-electron chi connectivity index (χ2n) is 5.75. The highest BCUT2D eigenvalue weighted by Gasteiger charge is 2.13. The summed E-state index contributed by atoms with van der Waals surface area (Å²) < 4.78 is 5.53. The molecule has 0 unspecified atom stereocenters. The van der Waals surface area contributed by atoms with Crippen LogP contribution in [0.4, 0.5) is 0 Å². The molecule has 19 heavy (non-hydrogen) atoms. The molecule has 0 aromatic carbocycles. The largest absolute Gasteiger partial charge is 0.466 e. The first-order chi connectivity index (χ1) is 8.85. The van der Waals surface area contributed by atoms with Gasteiger partial charge in [-0.25, -0.2) is 0 Å². The van der Waals surface area contributed by atoms with Crippen LogP contribution in [0.15, 0.2) is 10.5 Å². The average molecular weight is 279 g/mol. The number of nitrogens with zero attached hydrogens (tertiary/aromatic N) is 2. The van der Waals surface area contributed by atoms with Crippen molar-refractivity contribution in [2.24, 2.45) is 0 Å². The van der Waals surface area contributed by atoms with Crippen molar-refractivity contribution in [2.45, 2.75) is 46.6 Å². The van der Waals surface area contributed by atoms with Crippen LogP contribution in [0, 0.1) is 13.8 Å². The van der Waals surface area contributed by atoms with E-state index in [1.807, 2.05) is 19.9 Å². The first-order valence-corrected chi connectivity index (χ1v) is 7.31. The van der Waals surface area contributed by atoms with E-state index in [9.17, 15) is 0 Å². The summed E-state index contributed by atoms with van der Waals surface area (Å²) in [7, 11) is 0. The standard InChI is InChI=1S/C14H21N3OS/c1-9-8-11(10(2)18-9)13-17-16-12(19-13)6-7-15-14(3,4)5/h8,15H,6-7H2,1-5H3. The third-order valence-electron chi connectivity index (χ3n) is 2.73. The number of nitrogens with one attached hydrogen (secondary N) is 1. The van der Waals surface area contributed by atoms with Gasteiger partial charge in [0.15, 0.2) is 5.01 Å². The van der Waals surface area contributed by atoms with Crippen LogP contribution < -0.4 is 5.32 Å². The highest BCUT2D eigenvalue weighted by Crippen LogP contribution is 2.29. The zero-order valence-electron chi connectivity index (χ0n) is 12.2. The summed E-state index contributed by atoms with van der Waals surface area (Å²) in [6, 6.07) is 2.02. The van der Waals surface area contributed by atoms with Gasteiger partial charge in [-0.3, -0.25) is 0 Å². The number of furan rings is 1. The molecule has 0 bridgehead atoms. The van der Waals surface area contributed by atoms with E-state index in [1.54, 1.807) is 11.3 Å². The summed E-state index contributed by atoms with van der Waals surface area (Å²) in [4.78, 5) is 0. The van der Waals surface area contributed by atoms with Crippen molar-refractivity contribution in [3.63, 3.8) is 0 Å². The Labute approximate surface area is 118 Å². The van der Waals surface area contributed by atoms with Crippen LogP contribution >= 0.6 is 11.3 Å². The van der Waals surface area contributed by atoms with Crippen LogP contribution in [-0.2, 0) is 6.42 Å². The molecule has 2 aromatic heterocycles. The molecule has 0 aliphatic heterocycles. The van der Waals surface area contributed by atoms with Crippen LogP contribution in [0.5, 0.6) is 0 Å². The van der Waals surface area contributed by atoms with Gasteiger partial charge in [0.25, 0.3) is 0 Å². The summed E-state index contributed by atoms with van der Waals surface area (Å²) in [6.45, 7) is 11.3. The second kappa shape index (κ2) is 5.43. The van der Waals surface area contributed by atoms with Crippen molar-refractivity contribution >= 4 is 11.3 Å². The van der Waals surface area contributed by atoms with E-state index < -0.39 is 0 Å². The van der Waals surface area contributed by atoms with Crippen LogP contribution in [0.25, 0.3) is 10.6 Å². The fourth-order valence-corrected chi connectivity index (χ4v) is 2.75. The third kappa shape index (κ3) is 3.88. The van der Waals surface area contributed by atoms with Gasteiger partial charge < -0.3 is 9.73 Å². The van der Waals surface area contributed by atoms with E-state index in [1.165, 1.54) is 0 Å². The van der Waals surface area contributed by atoms with Crippen molar-refractivity contribution in [2.75, 3.05) is 6.54 Å². The quantitative estimate of drug-likeness (QED) is 0.932. The molecule has 104 valence electrons. The Bertz CT molecular complexity index is 551. The highest BCUT2D eigenvalue weighted by molar-refractivity contribution is 7.14. The van der Waals surface area contributed by atoms with Gasteiger partial charge in [0, 0.05) is 18.5 Å². The monoisotopic (exact) mass is 279 g/mol. The second-order valence-corrected chi connectivity index (χ2v) is 6.82. The van der Waals surface area contributed by atoms with Gasteiger partial charge in [-0.15, -0.1) is 10.2 Å². The molecule has 0 atom stereocenters. The lowest BCUT2D eigenvalue weighted by Gasteiger charge is -2.19. The van der Waals surface area contributed by atoms with Crippen LogP contribution in [0.2, 0.25) is 0 Å². The zero-order valence-corrected chi connectivity index (χ0v) is 13.0. The predicted molar refractivity (Wildman–Crippen MR) is 78.5 cm³/mol. The Hall–Kier alpha value is -1.20. The first-order valence-electron chi connectivity index (χ1n) is 6.50. The molecule has 0 spiro atoms. The van der Waals surface area contributed by atoms with Gasteiger partial charge in [0.2, 0.25) is 0 Å². The number of hydrogen-bond acceptors (Lipinski definition) is 5. The fourth-order valence-electron chi connectivity index (χ4n) is 1.85. The first kappa shape index (κ1) is 14.2. The molecule has 2 heterocycles. The Morgan fingerprint density at radius 3 is 2.58 bits per heavy atom. The molecule has 0 saturated carbocycles. The van der Waals surface area contributed by atoms with Crippen molar-refractivity contribution in [1.82, 2.24) is 15.5 Å². The minimum atomic E-state index is 0.145. The Balaban J connectivity index is 2.01. The van der Waals surface area contributed by atoms with Crippen LogP contribution in [-0.4, -0.2) is 22.3 Å². The van der Waals surface area contributed by atoms with Gasteiger partial charge in [0.05, 0.1) is 5.56 Å². The van der Waals surface area contributed by atoms with Gasteiger partial charge in [0.1, 0.15) is 16.5 Å². The molecule has 5 heteroatoms. The summed E-state index contributed by atoms with van der Waals surface area (Å²) in [5, 5.41) is 14.0. The number of aryl methyl sites for hydroxylation is 2. The van der Waals surface area contributed by atoms with Crippen molar-refractivity contribution < 1.29 is 4.42 Å². The fraction of sp³-hybridized carbons (Fsp3) is 0.571. The van der Waals surface area contributed by atoms with E-state index in [0.29, 0.717) is 0 Å². The van der Waals surface area contributed by atoms with Gasteiger partial charge in [-0.1, -0.05) is 11.3 Å². The minimum absolute atomic E-state index is 0.145. The summed E-state index contributed by atoms with van der Waals surface area (Å²) in [6.07, 6.45) is 0.908. The van der Waals surface area contributed by atoms with Crippen molar-refractivity contribution in [1.29, 1.82) is 0 Å². The van der Waals surface area contributed by atoms with Gasteiger partial charge in [-0.2, -0.15) is 0 Å². The summed E-state index contributed by atoms with van der Waals surface area (Å²) in [5.74, 6) is 1.83. The molecular formula is C14H21N3OS. The van der Waals surface area contributed by atoms with E-state index in [4.69, 9.17) is 4.42 Å². The van der Waals surface area contributed by atoms with Crippen molar-refractivity contribution in [3.05, 3.63) is 22.6 Å². The molecular weight excluding hydrogens is 258 g/mol. The molecule has 2 rings (SSSR count). The molecule has 2 aromatic rings. The van der Waals surface area contributed by atoms with E-state index in [-0.39, 0.29) is 5.54 Å². The zero-order chi connectivity index (χ0) is 14.0. The molecule has 0 radical (unpaired) electrons. The van der Waals surface area contributed by atoms with Crippen molar-refractivity contribution in [3.8, 4) is 10.6 Å². The van der Waals surface area contributed by atoms with E-state index in [0.717, 1.165) is 40.1 Å². The smallest absolute Gasteiger partial charge is 0.151 e. The average Bonchev–Trinajstić information content (AvgIpc) is 2.83. The van der Waals surface area contributed by atoms with Gasteiger partial charge in [-0.05, 0) is 40.7 Å². The molecule has 0 aliphatic rings. The maximum atomic E-state index is 5.53. The lowest BCUT2D eigenvalue weighted by Crippen LogP contribution is -2.37. The normalized spacial score (nSPS) is 12.1. The molecule has 0 aliphatic carbocycles. The van der Waals surface area contributed by atoms with Crippen LogP contribution in [0.3, 0.4) is 0 Å². The third-order valence-corrected chi connectivity index (χ3v) is 3.75. The summed E-state index contributed by atoms with van der Waals surface area (Å²) in [5.41, 5.74) is 1.20. The Morgan fingerprint density at radius 2 is 2.00 bits per heavy atom. The molecule has 0 amide bonds. The minimum Gasteiger partial charge on any atom is -0.466 e. The molecule has 0 saturated heterocycles. The molecule has 0 fully saturated rings.